The van der Waals surface area contributed by atoms with Gasteiger partial charge in [-0.2, -0.15) is 0 Å². The minimum Gasteiger partial charge on any atom is -0.480 e. The van der Waals surface area contributed by atoms with E-state index in [1.165, 1.54) is 28.6 Å². The predicted molar refractivity (Wildman–Crippen MR) is 82.2 cm³/mol. The van der Waals surface area contributed by atoms with Crippen LogP contribution in [-0.4, -0.2) is 78.1 Å². The fourth-order valence-electron chi connectivity index (χ4n) is 2.08. The van der Waals surface area contributed by atoms with E-state index < -0.39 is 27.9 Å². The maximum atomic E-state index is 12.4. The molecular weight excluding hydrogens is 316 g/mol. The van der Waals surface area contributed by atoms with Gasteiger partial charge in [0.05, 0.1) is 11.1 Å². The first kappa shape index (κ1) is 18.1. The quantitative estimate of drug-likeness (QED) is 0.766. The number of carbonyl (C=O) groups excluding carboxylic acids is 1. The zero-order chi connectivity index (χ0) is 16.2. The molecule has 1 heterocycles. The highest BCUT2D eigenvalue weighted by Crippen LogP contribution is 2.33. The molecule has 1 rings (SSSR count). The summed E-state index contributed by atoms with van der Waals surface area (Å²) < 4.78 is 22.3. The first-order valence-electron chi connectivity index (χ1n) is 6.73. The monoisotopic (exact) mass is 338 g/mol. The Bertz CT molecular complexity index is 494. The lowest BCUT2D eigenvalue weighted by Gasteiger charge is -2.31. The minimum absolute atomic E-state index is 0.0595. The molecule has 1 fully saturated rings. The normalized spacial score (nSPS) is 22.3. The lowest BCUT2D eigenvalue weighted by Crippen LogP contribution is -2.51. The Morgan fingerprint density at radius 2 is 2.05 bits per heavy atom. The van der Waals surface area contributed by atoms with Crippen LogP contribution in [0.15, 0.2) is 0 Å². The smallest absolute Gasteiger partial charge is 0.327 e. The lowest BCUT2D eigenvalue weighted by atomic mass is 10.2. The molecule has 1 aliphatic heterocycles. The Hall–Kier alpha value is -0.960. The first-order chi connectivity index (χ1) is 9.67. The van der Waals surface area contributed by atoms with Gasteiger partial charge in [-0.1, -0.05) is 13.3 Å². The number of thioether (sulfide) groups is 1. The molecular formula is C12H22N2O5S2. The molecule has 0 saturated carbocycles. The number of hydrogen-bond donors (Lipinski definition) is 1. The van der Waals surface area contributed by atoms with Gasteiger partial charge in [-0.3, -0.25) is 4.90 Å². The van der Waals surface area contributed by atoms with Gasteiger partial charge in [0.15, 0.2) is 0 Å². The Morgan fingerprint density at radius 1 is 1.43 bits per heavy atom. The largest absolute Gasteiger partial charge is 0.480 e. The van der Waals surface area contributed by atoms with Crippen LogP contribution in [0.2, 0.25) is 0 Å². The molecule has 0 aromatic rings. The number of rotatable bonds is 6. The van der Waals surface area contributed by atoms with Crippen LogP contribution in [0.4, 0.5) is 4.79 Å². The topological polar surface area (TPSA) is 95.0 Å². The molecule has 1 saturated heterocycles. The summed E-state index contributed by atoms with van der Waals surface area (Å²) in [6.07, 6.45) is 2.68. The average molecular weight is 338 g/mol. The number of amides is 2. The van der Waals surface area contributed by atoms with Gasteiger partial charge in [-0.25, -0.2) is 18.0 Å². The molecule has 2 atom stereocenters. The molecule has 1 N–H and O–H groups in total. The number of carboxylic acids is 1. The molecule has 0 aromatic carbocycles. The van der Waals surface area contributed by atoms with E-state index in [1.807, 2.05) is 6.92 Å². The summed E-state index contributed by atoms with van der Waals surface area (Å²) in [5.41, 5.74) is 0. The number of hydrogen-bond acceptors (Lipinski definition) is 5. The maximum Gasteiger partial charge on any atom is 0.327 e. The van der Waals surface area contributed by atoms with E-state index in [1.54, 1.807) is 0 Å². The van der Waals surface area contributed by atoms with E-state index in [2.05, 4.69) is 0 Å². The Balaban J connectivity index is 2.80. The molecule has 2 amide bonds. The molecule has 9 heteroatoms. The fraction of sp³-hybridized carbons (Fsp3) is 0.833. The van der Waals surface area contributed by atoms with Crippen LogP contribution < -0.4 is 0 Å². The molecule has 0 aromatic heterocycles. The summed E-state index contributed by atoms with van der Waals surface area (Å²) in [4.78, 5) is 26.4. The molecule has 122 valence electrons. The van der Waals surface area contributed by atoms with Crippen LogP contribution in [0.25, 0.3) is 0 Å². The second kappa shape index (κ2) is 7.35. The third kappa shape index (κ3) is 5.06. The van der Waals surface area contributed by atoms with Crippen molar-refractivity contribution in [3.63, 3.8) is 0 Å². The summed E-state index contributed by atoms with van der Waals surface area (Å²) in [5.74, 6) is -0.788. The van der Waals surface area contributed by atoms with Crippen molar-refractivity contribution in [3.05, 3.63) is 0 Å². The van der Waals surface area contributed by atoms with Gasteiger partial charge >= 0.3 is 12.0 Å². The molecule has 21 heavy (non-hydrogen) atoms. The third-order valence-electron chi connectivity index (χ3n) is 3.26. The third-order valence-corrected chi connectivity index (χ3v) is 5.54. The van der Waals surface area contributed by atoms with Crippen molar-refractivity contribution in [2.24, 2.45) is 0 Å². The van der Waals surface area contributed by atoms with Gasteiger partial charge in [0.2, 0.25) is 0 Å². The van der Waals surface area contributed by atoms with Gasteiger partial charge in [0, 0.05) is 25.6 Å². The number of urea groups is 1. The van der Waals surface area contributed by atoms with Crippen molar-refractivity contribution >= 4 is 33.6 Å². The second-order valence-electron chi connectivity index (χ2n) is 5.17. The summed E-state index contributed by atoms with van der Waals surface area (Å²) >= 11 is 1.46. The highest BCUT2D eigenvalue weighted by Gasteiger charge is 2.42. The highest BCUT2D eigenvalue weighted by atomic mass is 32.2. The molecule has 0 spiro atoms. The summed E-state index contributed by atoms with van der Waals surface area (Å²) in [6.45, 7) is 2.04. The molecule has 0 bridgehead atoms. The summed E-state index contributed by atoms with van der Waals surface area (Å²) in [6, 6.07) is -1.27. The SMILES string of the molecule is CCCC1SCC(C(=O)O)N1C(=O)N(C)CCS(C)(=O)=O. The standard InChI is InChI=1S/C12H22N2O5S2/c1-4-5-10-14(9(8-20-10)11(15)16)12(17)13(2)6-7-21(3,18)19/h9-10H,4-8H2,1-3H3,(H,15,16). The van der Waals surface area contributed by atoms with E-state index in [0.717, 1.165) is 19.1 Å². The van der Waals surface area contributed by atoms with Crippen LogP contribution in [0, 0.1) is 0 Å². The van der Waals surface area contributed by atoms with Crippen molar-refractivity contribution in [1.29, 1.82) is 0 Å². The fourth-order valence-corrected chi connectivity index (χ4v) is 4.19. The van der Waals surface area contributed by atoms with Gasteiger partial charge in [0.1, 0.15) is 15.9 Å². The van der Waals surface area contributed by atoms with Crippen LogP contribution in [-0.2, 0) is 14.6 Å². The number of carboxylic acid groups (broad SMARTS) is 1. The van der Waals surface area contributed by atoms with Crippen molar-refractivity contribution in [3.8, 4) is 0 Å². The van der Waals surface area contributed by atoms with Crippen LogP contribution in [0.3, 0.4) is 0 Å². The van der Waals surface area contributed by atoms with Crippen LogP contribution >= 0.6 is 11.8 Å². The minimum atomic E-state index is -3.16. The van der Waals surface area contributed by atoms with Gasteiger partial charge in [0.25, 0.3) is 0 Å². The maximum absolute atomic E-state index is 12.4. The molecule has 1 aliphatic rings. The van der Waals surface area contributed by atoms with Crippen molar-refractivity contribution in [1.82, 2.24) is 9.80 Å². The summed E-state index contributed by atoms with van der Waals surface area (Å²) in [5, 5.41) is 9.08. The van der Waals surface area contributed by atoms with Crippen molar-refractivity contribution < 1.29 is 23.1 Å². The zero-order valence-electron chi connectivity index (χ0n) is 12.5. The number of aliphatic carboxylic acids is 1. The number of carbonyl (C=O) groups is 2. The van der Waals surface area contributed by atoms with Crippen molar-refractivity contribution in [2.75, 3.05) is 31.4 Å². The average Bonchev–Trinajstić information content (AvgIpc) is 2.78. The molecule has 7 nitrogen and oxygen atoms in total. The van der Waals surface area contributed by atoms with E-state index in [4.69, 9.17) is 0 Å². The first-order valence-corrected chi connectivity index (χ1v) is 9.84. The van der Waals surface area contributed by atoms with E-state index in [9.17, 15) is 23.1 Å². The van der Waals surface area contributed by atoms with Crippen LogP contribution in [0.5, 0.6) is 0 Å². The van der Waals surface area contributed by atoms with Crippen LogP contribution in [0.1, 0.15) is 19.8 Å². The zero-order valence-corrected chi connectivity index (χ0v) is 14.1. The molecule has 2 unspecified atom stereocenters. The lowest BCUT2D eigenvalue weighted by molar-refractivity contribution is -0.141. The Morgan fingerprint density at radius 3 is 2.52 bits per heavy atom. The van der Waals surface area contributed by atoms with Gasteiger partial charge in [-0.05, 0) is 6.42 Å². The predicted octanol–water partition coefficient (Wildman–Crippen LogP) is 0.711. The van der Waals surface area contributed by atoms with Gasteiger partial charge in [-0.15, -0.1) is 11.8 Å². The summed E-state index contributed by atoms with van der Waals surface area (Å²) in [7, 11) is -1.67. The highest BCUT2D eigenvalue weighted by molar-refractivity contribution is 8.00. The Labute approximate surface area is 129 Å². The van der Waals surface area contributed by atoms with E-state index >= 15 is 0 Å². The van der Waals surface area contributed by atoms with Crippen molar-refractivity contribution in [2.45, 2.75) is 31.2 Å². The number of sulfone groups is 1. The second-order valence-corrected chi connectivity index (χ2v) is 8.64. The van der Waals surface area contributed by atoms with Gasteiger partial charge < -0.3 is 10.0 Å². The van der Waals surface area contributed by atoms with E-state index in [-0.39, 0.29) is 17.7 Å². The molecule has 0 aliphatic carbocycles. The molecule has 0 radical (unpaired) electrons. The Kier molecular flexibility index (Phi) is 6.33. The van der Waals surface area contributed by atoms with E-state index in [0.29, 0.717) is 5.75 Å². The number of nitrogens with zero attached hydrogens (tertiary/aromatic N) is 2.